The quantitative estimate of drug-likeness (QED) is 0.0640. The molecule has 0 fully saturated rings. The van der Waals surface area contributed by atoms with Gasteiger partial charge >= 0.3 is 0 Å². The van der Waals surface area contributed by atoms with Gasteiger partial charge in [-0.15, -0.1) is 0 Å². The second kappa shape index (κ2) is 56.1. The Morgan fingerprint density at radius 1 is 0.237 bits per heavy atom. The van der Waals surface area contributed by atoms with E-state index in [2.05, 4.69) is 118 Å². The topological polar surface area (TPSA) is 83.1 Å². The molecule has 0 atom stereocenters. The van der Waals surface area contributed by atoms with Crippen molar-refractivity contribution in [1.29, 1.82) is 0 Å². The first-order valence-electron chi connectivity index (χ1n) is 23.3. The van der Waals surface area contributed by atoms with Gasteiger partial charge in [-0.3, -0.25) is 0 Å². The fourth-order valence-electron chi connectivity index (χ4n) is 4.57. The number of ether oxygens (including phenoxy) is 9. The molecule has 0 aliphatic carbocycles. The lowest BCUT2D eigenvalue weighted by Crippen LogP contribution is -2.09. The lowest BCUT2D eigenvalue weighted by atomic mass is 10.1. The summed E-state index contributed by atoms with van der Waals surface area (Å²) in [6, 6.07) is 17.6. The molecular formula is C50H94O9. The summed E-state index contributed by atoms with van der Waals surface area (Å²) < 4.78 is 47.3. The van der Waals surface area contributed by atoms with Gasteiger partial charge in [0.2, 0.25) is 0 Å². The summed E-state index contributed by atoms with van der Waals surface area (Å²) in [7, 11) is 0. The Balaban J connectivity index is -0.000000667. The molecule has 0 aliphatic rings. The summed E-state index contributed by atoms with van der Waals surface area (Å²) >= 11 is 0. The Morgan fingerprint density at radius 2 is 0.424 bits per heavy atom. The molecule has 0 aliphatic heterocycles. The van der Waals surface area contributed by atoms with Crippen LogP contribution in [0.3, 0.4) is 0 Å². The minimum absolute atomic E-state index is 0.676. The average Bonchev–Trinajstić information content (AvgIpc) is 3.28. The fourth-order valence-corrected chi connectivity index (χ4v) is 4.57. The monoisotopic (exact) mass is 839 g/mol. The van der Waals surface area contributed by atoms with Crippen LogP contribution in [0.15, 0.2) is 48.5 Å². The molecule has 0 unspecified atom stereocenters. The van der Waals surface area contributed by atoms with Gasteiger partial charge in [0.25, 0.3) is 0 Å². The van der Waals surface area contributed by atoms with Gasteiger partial charge in [-0.25, -0.2) is 0 Å². The van der Waals surface area contributed by atoms with Crippen LogP contribution in [0.2, 0.25) is 0 Å². The lowest BCUT2D eigenvalue weighted by molar-refractivity contribution is 0.0148. The SMILES string of the molecule is CCCOCCOCCOCCC.CCCOCCOCCOCCC.CCCOCCOCCOCCC.CCc1ccc(CC)cc1.CCc1cccc(CC)c1. The van der Waals surface area contributed by atoms with E-state index in [9.17, 15) is 0 Å². The average molecular weight is 839 g/mol. The molecule has 9 nitrogen and oxygen atoms in total. The molecule has 0 bridgehead atoms. The first kappa shape index (κ1) is 61.4. The van der Waals surface area contributed by atoms with Crippen LogP contribution in [0.25, 0.3) is 0 Å². The molecule has 0 aromatic heterocycles. The first-order valence-corrected chi connectivity index (χ1v) is 23.3. The molecule has 9 heteroatoms. The van der Waals surface area contributed by atoms with E-state index < -0.39 is 0 Å². The maximum absolute atomic E-state index is 5.28. The van der Waals surface area contributed by atoms with Gasteiger partial charge in [0.1, 0.15) is 0 Å². The molecule has 0 radical (unpaired) electrons. The van der Waals surface area contributed by atoms with Crippen molar-refractivity contribution in [2.45, 2.75) is 133 Å². The Kier molecular flexibility index (Phi) is 58.3. The molecule has 0 heterocycles. The number of hydrogen-bond acceptors (Lipinski definition) is 9. The molecule has 348 valence electrons. The summed E-state index contributed by atoms with van der Waals surface area (Å²) in [6.07, 6.45) is 11.0. The molecule has 0 amide bonds. The van der Waals surface area contributed by atoms with Crippen LogP contribution in [0.5, 0.6) is 0 Å². The largest absolute Gasteiger partial charge is 0.379 e. The van der Waals surface area contributed by atoms with Crippen LogP contribution < -0.4 is 0 Å². The van der Waals surface area contributed by atoms with E-state index in [4.69, 9.17) is 42.6 Å². The summed E-state index contributed by atoms with van der Waals surface area (Å²) in [5.74, 6) is 0. The standard InChI is InChI=1S/3C10H22O3.2C10H14/c3*1-3-5-11-7-9-13-10-8-12-6-4-2;1-3-9-5-7-10(4-2)8-6-9;1-3-9-6-5-7-10(4-2)8-9/h3*3-10H2,1-2H3;2*5-8H,3-4H2,1-2H3. The molecular weight excluding hydrogens is 745 g/mol. The Bertz CT molecular complexity index is 882. The highest BCUT2D eigenvalue weighted by Crippen LogP contribution is 2.06. The van der Waals surface area contributed by atoms with Gasteiger partial charge < -0.3 is 42.6 Å². The number of hydrogen-bond donors (Lipinski definition) is 0. The molecule has 2 rings (SSSR count). The van der Waals surface area contributed by atoms with E-state index in [1.165, 1.54) is 22.3 Å². The molecule has 2 aromatic carbocycles. The van der Waals surface area contributed by atoms with Crippen molar-refractivity contribution >= 4 is 0 Å². The van der Waals surface area contributed by atoms with Gasteiger partial charge in [0.15, 0.2) is 0 Å². The van der Waals surface area contributed by atoms with E-state index in [0.717, 1.165) is 104 Å². The zero-order valence-electron chi connectivity index (χ0n) is 40.1. The molecule has 0 spiro atoms. The van der Waals surface area contributed by atoms with Crippen molar-refractivity contribution in [1.82, 2.24) is 0 Å². The fraction of sp³-hybridized carbons (Fsp3) is 0.760. The van der Waals surface area contributed by atoms with Crippen molar-refractivity contribution < 1.29 is 42.6 Å². The van der Waals surface area contributed by atoms with Crippen LogP contribution in [-0.2, 0) is 68.3 Å². The normalized spacial score (nSPS) is 10.3. The van der Waals surface area contributed by atoms with Crippen molar-refractivity contribution in [3.8, 4) is 0 Å². The Labute approximate surface area is 364 Å². The van der Waals surface area contributed by atoms with Crippen LogP contribution in [0.1, 0.15) is 130 Å². The zero-order chi connectivity index (χ0) is 44.1. The van der Waals surface area contributed by atoms with Crippen molar-refractivity contribution in [3.63, 3.8) is 0 Å². The minimum atomic E-state index is 0.676. The van der Waals surface area contributed by atoms with E-state index in [0.29, 0.717) is 79.3 Å². The minimum Gasteiger partial charge on any atom is -0.379 e. The second-order valence-corrected chi connectivity index (χ2v) is 13.6. The highest BCUT2D eigenvalue weighted by Gasteiger charge is 1.93. The van der Waals surface area contributed by atoms with Gasteiger partial charge in [0.05, 0.1) is 79.3 Å². The predicted octanol–water partition coefficient (Wildman–Crippen LogP) is 11.2. The summed E-state index contributed by atoms with van der Waals surface area (Å²) in [4.78, 5) is 0. The molecule has 0 N–H and O–H groups in total. The first-order chi connectivity index (χ1) is 29.0. The maximum atomic E-state index is 5.28. The van der Waals surface area contributed by atoms with Crippen LogP contribution in [0, 0.1) is 0 Å². The number of aryl methyl sites for hydroxylation is 4. The maximum Gasteiger partial charge on any atom is 0.0701 e. The van der Waals surface area contributed by atoms with Crippen molar-refractivity contribution in [2.75, 3.05) is 119 Å². The lowest BCUT2D eigenvalue weighted by Gasteiger charge is -2.05. The molecule has 59 heavy (non-hydrogen) atoms. The summed E-state index contributed by atoms with van der Waals surface area (Å²) in [6.45, 7) is 34.5. The third-order valence-electron chi connectivity index (χ3n) is 7.97. The van der Waals surface area contributed by atoms with Gasteiger partial charge in [-0.05, 0) is 86.5 Å². The third-order valence-corrected chi connectivity index (χ3v) is 7.97. The smallest absolute Gasteiger partial charge is 0.0701 e. The van der Waals surface area contributed by atoms with Gasteiger partial charge in [0, 0.05) is 39.6 Å². The third kappa shape index (κ3) is 52.2. The van der Waals surface area contributed by atoms with Crippen molar-refractivity contribution in [2.24, 2.45) is 0 Å². The van der Waals surface area contributed by atoms with E-state index in [1.54, 1.807) is 0 Å². The number of benzene rings is 2. The zero-order valence-corrected chi connectivity index (χ0v) is 40.1. The Morgan fingerprint density at radius 3 is 0.593 bits per heavy atom. The Hall–Kier alpha value is -1.92. The highest BCUT2D eigenvalue weighted by molar-refractivity contribution is 5.23. The van der Waals surface area contributed by atoms with Crippen LogP contribution >= 0.6 is 0 Å². The molecule has 2 aromatic rings. The second-order valence-electron chi connectivity index (χ2n) is 13.6. The molecule has 0 saturated heterocycles. The van der Waals surface area contributed by atoms with Crippen LogP contribution in [0.4, 0.5) is 0 Å². The summed E-state index contributed by atoms with van der Waals surface area (Å²) in [5.41, 5.74) is 5.74. The number of rotatable bonds is 34. The predicted molar refractivity (Wildman–Crippen MR) is 250 cm³/mol. The molecule has 0 saturated carbocycles. The van der Waals surface area contributed by atoms with E-state index >= 15 is 0 Å². The van der Waals surface area contributed by atoms with Gasteiger partial charge in [-0.2, -0.15) is 0 Å². The highest BCUT2D eigenvalue weighted by atomic mass is 16.6. The van der Waals surface area contributed by atoms with E-state index in [1.807, 2.05) is 0 Å². The van der Waals surface area contributed by atoms with E-state index in [-0.39, 0.29) is 0 Å². The van der Waals surface area contributed by atoms with Crippen molar-refractivity contribution in [3.05, 3.63) is 70.8 Å². The van der Waals surface area contributed by atoms with Crippen LogP contribution in [-0.4, -0.2) is 119 Å². The summed E-state index contributed by atoms with van der Waals surface area (Å²) in [5, 5.41) is 0. The van der Waals surface area contributed by atoms with Gasteiger partial charge in [-0.1, -0.05) is 118 Å².